The average molecular weight is 246 g/mol. The third-order valence-corrected chi connectivity index (χ3v) is 2.93. The molecule has 6 nitrogen and oxygen atoms in total. The summed E-state index contributed by atoms with van der Waals surface area (Å²) >= 11 is 0. The minimum Gasteiger partial charge on any atom is -0.368 e. The fraction of sp³-hybridized carbons (Fsp3) is 0.417. The molecule has 0 unspecified atom stereocenters. The number of anilines is 2. The van der Waals surface area contributed by atoms with Gasteiger partial charge in [-0.2, -0.15) is 10.1 Å². The van der Waals surface area contributed by atoms with Gasteiger partial charge < -0.3 is 10.6 Å². The third kappa shape index (κ3) is 2.42. The van der Waals surface area contributed by atoms with E-state index in [1.54, 1.807) is 0 Å². The van der Waals surface area contributed by atoms with Crippen molar-refractivity contribution in [3.05, 3.63) is 28.7 Å². The molecular formula is C12H18N6. The molecule has 0 saturated carbocycles. The lowest BCUT2D eigenvalue weighted by molar-refractivity contribution is 0.877. The molecule has 3 N–H and O–H groups in total. The van der Waals surface area contributed by atoms with Crippen molar-refractivity contribution >= 4 is 11.8 Å². The predicted molar refractivity (Wildman–Crippen MR) is 71.4 cm³/mol. The zero-order valence-corrected chi connectivity index (χ0v) is 11.2. The van der Waals surface area contributed by atoms with Crippen molar-refractivity contribution in [2.45, 2.75) is 27.3 Å². The van der Waals surface area contributed by atoms with Gasteiger partial charge in [0.2, 0.25) is 5.95 Å². The first kappa shape index (κ1) is 12.3. The number of nitrogens with one attached hydrogen (secondary N) is 1. The highest BCUT2D eigenvalue weighted by atomic mass is 15.2. The molecule has 2 rings (SSSR count). The molecule has 0 spiro atoms. The molecule has 0 bridgehead atoms. The molecule has 6 heteroatoms. The maximum absolute atomic E-state index is 5.66. The number of hydrogen-bond donors (Lipinski definition) is 2. The van der Waals surface area contributed by atoms with Crippen molar-refractivity contribution in [2.75, 3.05) is 17.7 Å². The first-order chi connectivity index (χ1) is 8.47. The molecule has 0 atom stereocenters. The Morgan fingerprint density at radius 1 is 1.28 bits per heavy atom. The van der Waals surface area contributed by atoms with Gasteiger partial charge in [0.1, 0.15) is 5.82 Å². The lowest BCUT2D eigenvalue weighted by Crippen LogP contribution is -2.19. The van der Waals surface area contributed by atoms with Crippen LogP contribution in [0.2, 0.25) is 0 Å². The smallest absolute Gasteiger partial charge is 0.222 e. The molecule has 0 amide bonds. The summed E-state index contributed by atoms with van der Waals surface area (Å²) in [5, 5.41) is 7.17. The quantitative estimate of drug-likeness (QED) is 0.854. The van der Waals surface area contributed by atoms with E-state index >= 15 is 0 Å². The zero-order valence-electron chi connectivity index (χ0n) is 11.2. The van der Waals surface area contributed by atoms with Gasteiger partial charge in [-0.05, 0) is 20.8 Å². The summed E-state index contributed by atoms with van der Waals surface area (Å²) in [4.78, 5) is 10.3. The van der Waals surface area contributed by atoms with E-state index in [1.165, 1.54) is 5.56 Å². The molecule has 96 valence electrons. The van der Waals surface area contributed by atoms with Crippen LogP contribution in [0.4, 0.5) is 11.8 Å². The van der Waals surface area contributed by atoms with Gasteiger partial charge >= 0.3 is 0 Å². The molecule has 0 aliphatic heterocycles. The SMILES string of the molecule is Cc1cc(N(C)Cc2c(C)n[nH]c2C)nc(N)n1. The van der Waals surface area contributed by atoms with Crippen molar-refractivity contribution < 1.29 is 0 Å². The summed E-state index contributed by atoms with van der Waals surface area (Å²) in [5.74, 6) is 1.12. The number of H-pyrrole nitrogens is 1. The summed E-state index contributed by atoms with van der Waals surface area (Å²) in [7, 11) is 1.98. The standard InChI is InChI=1S/C12H18N6/c1-7-5-11(15-12(13)14-7)18(4)6-10-8(2)16-17-9(10)3/h5H,6H2,1-4H3,(H,16,17)(H2,13,14,15). The van der Waals surface area contributed by atoms with Gasteiger partial charge in [-0.3, -0.25) is 5.10 Å². The zero-order chi connectivity index (χ0) is 13.3. The van der Waals surface area contributed by atoms with Gasteiger partial charge in [-0.1, -0.05) is 0 Å². The molecule has 0 aliphatic rings. The molecule has 18 heavy (non-hydrogen) atoms. The van der Waals surface area contributed by atoms with E-state index in [4.69, 9.17) is 5.73 Å². The Kier molecular flexibility index (Phi) is 3.18. The van der Waals surface area contributed by atoms with Crippen LogP contribution in [0.25, 0.3) is 0 Å². The summed E-state index contributed by atoms with van der Waals surface area (Å²) in [6.45, 7) is 6.66. The molecule has 0 aromatic carbocycles. The number of aryl methyl sites for hydroxylation is 3. The Balaban J connectivity index is 2.24. The Hall–Kier alpha value is -2.11. The number of aromatic nitrogens is 4. The lowest BCUT2D eigenvalue weighted by atomic mass is 10.2. The second-order valence-electron chi connectivity index (χ2n) is 4.49. The van der Waals surface area contributed by atoms with Gasteiger partial charge in [0.25, 0.3) is 0 Å². The molecule has 0 aliphatic carbocycles. The van der Waals surface area contributed by atoms with E-state index in [1.807, 2.05) is 38.8 Å². The van der Waals surface area contributed by atoms with E-state index in [9.17, 15) is 0 Å². The van der Waals surface area contributed by atoms with Crippen molar-refractivity contribution in [1.29, 1.82) is 0 Å². The van der Waals surface area contributed by atoms with Crippen LogP contribution in [-0.2, 0) is 6.54 Å². The number of aromatic amines is 1. The highest BCUT2D eigenvalue weighted by molar-refractivity contribution is 5.44. The van der Waals surface area contributed by atoms with Crippen molar-refractivity contribution in [3.8, 4) is 0 Å². The topological polar surface area (TPSA) is 83.7 Å². The maximum Gasteiger partial charge on any atom is 0.222 e. The van der Waals surface area contributed by atoms with Crippen molar-refractivity contribution in [2.24, 2.45) is 0 Å². The summed E-state index contributed by atoms with van der Waals surface area (Å²) in [6, 6.07) is 1.92. The van der Waals surface area contributed by atoms with Crippen LogP contribution >= 0.6 is 0 Å². The van der Waals surface area contributed by atoms with Gasteiger partial charge in [-0.15, -0.1) is 0 Å². The van der Waals surface area contributed by atoms with Crippen LogP contribution in [-0.4, -0.2) is 27.2 Å². The summed E-state index contributed by atoms with van der Waals surface area (Å²) < 4.78 is 0. The minimum atomic E-state index is 0.303. The molecule has 2 heterocycles. The fourth-order valence-corrected chi connectivity index (χ4v) is 1.90. The maximum atomic E-state index is 5.66. The molecule has 2 aromatic rings. The third-order valence-electron chi connectivity index (χ3n) is 2.93. The Morgan fingerprint density at radius 3 is 2.56 bits per heavy atom. The van der Waals surface area contributed by atoms with Crippen LogP contribution in [0.1, 0.15) is 22.6 Å². The highest BCUT2D eigenvalue weighted by Gasteiger charge is 2.11. The van der Waals surface area contributed by atoms with E-state index in [2.05, 4.69) is 20.2 Å². The largest absolute Gasteiger partial charge is 0.368 e. The first-order valence-corrected chi connectivity index (χ1v) is 5.80. The number of nitrogens with two attached hydrogens (primary N) is 1. The molecule has 0 radical (unpaired) electrons. The number of rotatable bonds is 3. The van der Waals surface area contributed by atoms with Crippen LogP contribution in [0.3, 0.4) is 0 Å². The molecule has 0 saturated heterocycles. The number of nitrogen functional groups attached to an aromatic ring is 1. The first-order valence-electron chi connectivity index (χ1n) is 5.80. The van der Waals surface area contributed by atoms with E-state index in [-0.39, 0.29) is 0 Å². The van der Waals surface area contributed by atoms with Gasteiger partial charge in [0.05, 0.1) is 5.69 Å². The highest BCUT2D eigenvalue weighted by Crippen LogP contribution is 2.17. The van der Waals surface area contributed by atoms with Crippen LogP contribution in [0, 0.1) is 20.8 Å². The van der Waals surface area contributed by atoms with Gasteiger partial charge in [0.15, 0.2) is 0 Å². The second-order valence-corrected chi connectivity index (χ2v) is 4.49. The van der Waals surface area contributed by atoms with Crippen molar-refractivity contribution in [1.82, 2.24) is 20.2 Å². The second kappa shape index (κ2) is 4.64. The lowest BCUT2D eigenvalue weighted by Gasteiger charge is -2.18. The average Bonchev–Trinajstić information content (AvgIpc) is 2.59. The van der Waals surface area contributed by atoms with E-state index < -0.39 is 0 Å². The minimum absolute atomic E-state index is 0.303. The summed E-state index contributed by atoms with van der Waals surface area (Å²) in [6.07, 6.45) is 0. The van der Waals surface area contributed by atoms with Crippen LogP contribution in [0.5, 0.6) is 0 Å². The Morgan fingerprint density at radius 2 is 2.00 bits per heavy atom. The molecule has 0 fully saturated rings. The molecule has 2 aromatic heterocycles. The number of nitrogens with zero attached hydrogens (tertiary/aromatic N) is 4. The van der Waals surface area contributed by atoms with Crippen LogP contribution < -0.4 is 10.6 Å². The fourth-order valence-electron chi connectivity index (χ4n) is 1.90. The Labute approximate surface area is 106 Å². The van der Waals surface area contributed by atoms with Gasteiger partial charge in [0, 0.05) is 36.6 Å². The van der Waals surface area contributed by atoms with E-state index in [0.29, 0.717) is 5.95 Å². The Bertz CT molecular complexity index is 520. The van der Waals surface area contributed by atoms with E-state index in [0.717, 1.165) is 29.4 Å². The monoisotopic (exact) mass is 246 g/mol. The normalized spacial score (nSPS) is 10.7. The predicted octanol–water partition coefficient (Wildman–Crippen LogP) is 1.34. The summed E-state index contributed by atoms with van der Waals surface area (Å²) in [5.41, 5.74) is 9.81. The number of hydrogen-bond acceptors (Lipinski definition) is 5. The van der Waals surface area contributed by atoms with Gasteiger partial charge in [-0.25, -0.2) is 4.98 Å². The van der Waals surface area contributed by atoms with Crippen LogP contribution in [0.15, 0.2) is 6.07 Å². The van der Waals surface area contributed by atoms with Crippen molar-refractivity contribution in [3.63, 3.8) is 0 Å². The molecular weight excluding hydrogens is 228 g/mol.